The van der Waals surface area contributed by atoms with Gasteiger partial charge in [0.15, 0.2) is 0 Å². The second kappa shape index (κ2) is 7.63. The SMILES string of the molecule is COc1ccc(CCCCC(=O)N(C)N)c(OC)c1. The molecule has 2 N–H and O–H groups in total. The summed E-state index contributed by atoms with van der Waals surface area (Å²) in [7, 11) is 4.84. The van der Waals surface area contributed by atoms with Crippen molar-refractivity contribution in [2.45, 2.75) is 25.7 Å². The summed E-state index contributed by atoms with van der Waals surface area (Å²) in [5.41, 5.74) is 1.12. The van der Waals surface area contributed by atoms with Gasteiger partial charge in [-0.05, 0) is 30.9 Å². The fourth-order valence-electron chi connectivity index (χ4n) is 1.83. The highest BCUT2D eigenvalue weighted by Gasteiger charge is 2.07. The van der Waals surface area contributed by atoms with Crippen molar-refractivity contribution in [1.29, 1.82) is 0 Å². The minimum Gasteiger partial charge on any atom is -0.497 e. The van der Waals surface area contributed by atoms with Crippen LogP contribution in [0.3, 0.4) is 0 Å². The summed E-state index contributed by atoms with van der Waals surface area (Å²) < 4.78 is 10.5. The monoisotopic (exact) mass is 266 g/mol. The molecule has 1 aromatic carbocycles. The van der Waals surface area contributed by atoms with E-state index in [-0.39, 0.29) is 5.91 Å². The minimum atomic E-state index is -0.0401. The highest BCUT2D eigenvalue weighted by Crippen LogP contribution is 2.25. The number of unbranched alkanes of at least 4 members (excludes halogenated alkanes) is 1. The average Bonchev–Trinajstić information content (AvgIpc) is 2.43. The number of hydrazine groups is 1. The standard InChI is InChI=1S/C14H22N2O3/c1-16(15)14(17)7-5-4-6-11-8-9-12(18-2)10-13(11)19-3/h8-10H,4-7,15H2,1-3H3. The van der Waals surface area contributed by atoms with Crippen LogP contribution in [0.2, 0.25) is 0 Å². The number of carbonyl (C=O) groups excluding carboxylic acids is 1. The van der Waals surface area contributed by atoms with E-state index in [1.54, 1.807) is 21.3 Å². The lowest BCUT2D eigenvalue weighted by Gasteiger charge is -2.11. The van der Waals surface area contributed by atoms with E-state index >= 15 is 0 Å². The lowest BCUT2D eigenvalue weighted by Crippen LogP contribution is -2.32. The largest absolute Gasteiger partial charge is 0.497 e. The lowest BCUT2D eigenvalue weighted by molar-refractivity contribution is -0.130. The number of aryl methyl sites for hydroxylation is 1. The normalized spacial score (nSPS) is 10.1. The highest BCUT2D eigenvalue weighted by molar-refractivity contribution is 5.75. The highest BCUT2D eigenvalue weighted by atomic mass is 16.5. The van der Waals surface area contributed by atoms with Crippen molar-refractivity contribution in [2.24, 2.45) is 5.84 Å². The minimum absolute atomic E-state index is 0.0401. The van der Waals surface area contributed by atoms with Gasteiger partial charge < -0.3 is 9.47 Å². The molecule has 19 heavy (non-hydrogen) atoms. The molecular weight excluding hydrogens is 244 g/mol. The van der Waals surface area contributed by atoms with Gasteiger partial charge in [0, 0.05) is 19.5 Å². The number of hydrogen-bond donors (Lipinski definition) is 1. The summed E-state index contributed by atoms with van der Waals surface area (Å²) in [5, 5.41) is 1.13. The molecule has 0 saturated carbocycles. The Labute approximate surface area is 114 Å². The lowest BCUT2D eigenvalue weighted by atomic mass is 10.1. The number of nitrogens with two attached hydrogens (primary N) is 1. The van der Waals surface area contributed by atoms with Crippen molar-refractivity contribution < 1.29 is 14.3 Å². The van der Waals surface area contributed by atoms with Gasteiger partial charge in [0.1, 0.15) is 11.5 Å². The second-order valence-electron chi connectivity index (χ2n) is 4.39. The van der Waals surface area contributed by atoms with Crippen LogP contribution in [0, 0.1) is 0 Å². The zero-order valence-corrected chi connectivity index (χ0v) is 11.8. The Hall–Kier alpha value is -1.75. The van der Waals surface area contributed by atoms with Crippen molar-refractivity contribution in [3.63, 3.8) is 0 Å². The van der Waals surface area contributed by atoms with E-state index in [1.165, 1.54) is 0 Å². The van der Waals surface area contributed by atoms with Gasteiger partial charge in [-0.3, -0.25) is 9.80 Å². The third-order valence-corrected chi connectivity index (χ3v) is 2.97. The number of ether oxygens (including phenoxy) is 2. The smallest absolute Gasteiger partial charge is 0.236 e. The van der Waals surface area contributed by atoms with Gasteiger partial charge in [-0.2, -0.15) is 0 Å². The maximum Gasteiger partial charge on any atom is 0.236 e. The Balaban J connectivity index is 2.47. The molecule has 0 heterocycles. The molecule has 0 unspecified atom stereocenters. The molecule has 0 radical (unpaired) electrons. The summed E-state index contributed by atoms with van der Waals surface area (Å²) in [6.45, 7) is 0. The summed E-state index contributed by atoms with van der Waals surface area (Å²) in [6, 6.07) is 5.78. The molecule has 0 spiro atoms. The van der Waals surface area contributed by atoms with Gasteiger partial charge in [-0.15, -0.1) is 0 Å². The number of carbonyl (C=O) groups is 1. The first kappa shape index (κ1) is 15.3. The first-order valence-corrected chi connectivity index (χ1v) is 6.30. The average molecular weight is 266 g/mol. The number of amides is 1. The molecule has 0 fully saturated rings. The van der Waals surface area contributed by atoms with Crippen molar-refractivity contribution in [2.75, 3.05) is 21.3 Å². The maximum absolute atomic E-state index is 11.3. The molecule has 0 bridgehead atoms. The molecule has 106 valence electrons. The van der Waals surface area contributed by atoms with Crippen LogP contribution in [0.15, 0.2) is 18.2 Å². The van der Waals surface area contributed by atoms with Gasteiger partial charge in [0.25, 0.3) is 0 Å². The Morgan fingerprint density at radius 3 is 2.58 bits per heavy atom. The Bertz CT molecular complexity index is 419. The van der Waals surface area contributed by atoms with E-state index < -0.39 is 0 Å². The zero-order valence-electron chi connectivity index (χ0n) is 11.8. The van der Waals surface area contributed by atoms with Gasteiger partial charge >= 0.3 is 0 Å². The van der Waals surface area contributed by atoms with Crippen LogP contribution in [0.1, 0.15) is 24.8 Å². The molecule has 0 aliphatic rings. The van der Waals surface area contributed by atoms with Crippen LogP contribution in [0.4, 0.5) is 0 Å². The molecule has 0 aromatic heterocycles. The van der Waals surface area contributed by atoms with Gasteiger partial charge in [-0.25, -0.2) is 5.84 Å². The van der Waals surface area contributed by atoms with E-state index in [9.17, 15) is 4.79 Å². The van der Waals surface area contributed by atoms with E-state index in [1.807, 2.05) is 18.2 Å². The molecule has 0 aliphatic carbocycles. The zero-order chi connectivity index (χ0) is 14.3. The maximum atomic E-state index is 11.3. The number of hydrogen-bond acceptors (Lipinski definition) is 4. The van der Waals surface area contributed by atoms with E-state index in [2.05, 4.69) is 0 Å². The van der Waals surface area contributed by atoms with Crippen LogP contribution < -0.4 is 15.3 Å². The van der Waals surface area contributed by atoms with Crippen molar-refractivity contribution in [3.8, 4) is 11.5 Å². The third-order valence-electron chi connectivity index (χ3n) is 2.97. The Morgan fingerprint density at radius 2 is 2.00 bits per heavy atom. The number of methoxy groups -OCH3 is 2. The van der Waals surface area contributed by atoms with E-state index in [4.69, 9.17) is 15.3 Å². The van der Waals surface area contributed by atoms with E-state index in [0.717, 1.165) is 41.3 Å². The Kier molecular flexibility index (Phi) is 6.15. The van der Waals surface area contributed by atoms with Crippen LogP contribution in [0.25, 0.3) is 0 Å². The molecule has 1 aromatic rings. The van der Waals surface area contributed by atoms with Crippen molar-refractivity contribution >= 4 is 5.91 Å². The second-order valence-corrected chi connectivity index (χ2v) is 4.39. The summed E-state index contributed by atoms with van der Waals surface area (Å²) in [6.07, 6.45) is 3.08. The fourth-order valence-corrected chi connectivity index (χ4v) is 1.83. The fraction of sp³-hybridized carbons (Fsp3) is 0.500. The van der Waals surface area contributed by atoms with Crippen LogP contribution in [-0.4, -0.2) is 32.2 Å². The van der Waals surface area contributed by atoms with Gasteiger partial charge in [0.2, 0.25) is 5.91 Å². The summed E-state index contributed by atoms with van der Waals surface area (Å²) in [5.74, 6) is 6.92. The molecule has 0 aliphatic heterocycles. The molecule has 5 heteroatoms. The quantitative estimate of drug-likeness (QED) is 0.353. The molecule has 0 atom stereocenters. The van der Waals surface area contributed by atoms with Crippen LogP contribution >= 0.6 is 0 Å². The van der Waals surface area contributed by atoms with Crippen molar-refractivity contribution in [1.82, 2.24) is 5.01 Å². The summed E-state index contributed by atoms with van der Waals surface area (Å²) in [4.78, 5) is 11.3. The van der Waals surface area contributed by atoms with Crippen LogP contribution in [0.5, 0.6) is 11.5 Å². The predicted octanol–water partition coefficient (Wildman–Crippen LogP) is 1.75. The number of nitrogens with zero attached hydrogens (tertiary/aromatic N) is 1. The van der Waals surface area contributed by atoms with E-state index in [0.29, 0.717) is 6.42 Å². The van der Waals surface area contributed by atoms with Gasteiger partial charge in [-0.1, -0.05) is 6.07 Å². The Morgan fingerprint density at radius 1 is 1.26 bits per heavy atom. The molecule has 1 amide bonds. The molecule has 1 rings (SSSR count). The molecule has 0 saturated heterocycles. The van der Waals surface area contributed by atoms with Crippen molar-refractivity contribution in [3.05, 3.63) is 23.8 Å². The predicted molar refractivity (Wildman–Crippen MR) is 74.1 cm³/mol. The van der Waals surface area contributed by atoms with Gasteiger partial charge in [0.05, 0.1) is 14.2 Å². The summed E-state index contributed by atoms with van der Waals surface area (Å²) >= 11 is 0. The topological polar surface area (TPSA) is 64.8 Å². The number of benzene rings is 1. The molecular formula is C14H22N2O3. The van der Waals surface area contributed by atoms with Crippen LogP contribution in [-0.2, 0) is 11.2 Å². The number of rotatable bonds is 7. The first-order chi connectivity index (χ1) is 9.08. The third kappa shape index (κ3) is 4.79. The first-order valence-electron chi connectivity index (χ1n) is 6.30. The molecule has 5 nitrogen and oxygen atoms in total.